The number of hydrogen-bond acceptors (Lipinski definition) is 8. The van der Waals surface area contributed by atoms with Crippen LogP contribution < -0.4 is 0 Å². The average Bonchev–Trinajstić information content (AvgIpc) is 3.09. The maximum Gasteiger partial charge on any atom is 0.358 e. The third-order valence-corrected chi connectivity index (χ3v) is 5.53. The lowest BCUT2D eigenvalue weighted by Crippen LogP contribution is -2.14. The molecule has 0 spiro atoms. The molecular weight excluding hydrogens is 384 g/mol. The first-order chi connectivity index (χ1) is 12.6. The predicted octanol–water partition coefficient (Wildman–Crippen LogP) is 4.90. The molecule has 2 aromatic heterocycles. The van der Waals surface area contributed by atoms with Gasteiger partial charge in [0.1, 0.15) is 0 Å². The van der Waals surface area contributed by atoms with Crippen LogP contribution in [0.25, 0.3) is 10.0 Å². The number of nitrogens with zero attached hydrogens (tertiary/aromatic N) is 2. The van der Waals surface area contributed by atoms with Gasteiger partial charge in [-0.25, -0.2) is 19.6 Å². The fourth-order valence-corrected chi connectivity index (χ4v) is 4.51. The summed E-state index contributed by atoms with van der Waals surface area (Å²) in [5, 5.41) is 1.24. The molecule has 0 aliphatic rings. The Morgan fingerprint density at radius 1 is 0.852 bits per heavy atom. The Labute approximate surface area is 168 Å². The number of carbonyl (C=O) groups excluding carboxylic acids is 2. The lowest BCUT2D eigenvalue weighted by molar-refractivity contribution is 0.0359. The van der Waals surface area contributed by atoms with Gasteiger partial charge in [-0.05, 0) is 47.0 Å². The van der Waals surface area contributed by atoms with Crippen molar-refractivity contribution in [2.45, 2.75) is 67.1 Å². The summed E-state index contributed by atoms with van der Waals surface area (Å²) in [4.78, 5) is 35.2. The van der Waals surface area contributed by atoms with Crippen molar-refractivity contribution in [1.82, 2.24) is 9.97 Å². The molecule has 8 heteroatoms. The molecule has 2 rings (SSSR count). The van der Waals surface area contributed by atoms with Crippen LogP contribution in [0.2, 0.25) is 0 Å². The first kappa shape index (κ1) is 21.5. The predicted molar refractivity (Wildman–Crippen MR) is 108 cm³/mol. The summed E-state index contributed by atoms with van der Waals surface area (Å²) >= 11 is 2.80. The highest BCUT2D eigenvalue weighted by Gasteiger charge is 2.25. The van der Waals surface area contributed by atoms with Gasteiger partial charge in [-0.15, -0.1) is 22.7 Å². The molecule has 0 fully saturated rings. The van der Waals surface area contributed by atoms with Crippen LogP contribution in [0, 0.1) is 12.8 Å². The first-order valence-electron chi connectivity index (χ1n) is 8.97. The molecule has 2 aromatic rings. The van der Waals surface area contributed by atoms with Crippen LogP contribution in [0.3, 0.4) is 0 Å². The summed E-state index contributed by atoms with van der Waals surface area (Å²) in [6.45, 7) is 13.2. The quantitative estimate of drug-likeness (QED) is 0.604. The molecule has 0 amide bonds. The molecule has 0 unspecified atom stereocenters. The van der Waals surface area contributed by atoms with Gasteiger partial charge in [-0.2, -0.15) is 0 Å². The number of hydrogen-bond donors (Lipinski definition) is 0. The van der Waals surface area contributed by atoms with Crippen LogP contribution in [0.15, 0.2) is 0 Å². The normalized spacial score (nSPS) is 11.5. The lowest BCUT2D eigenvalue weighted by atomic mass is 10.1. The molecule has 0 radical (unpaired) electrons. The van der Waals surface area contributed by atoms with Crippen molar-refractivity contribution in [3.8, 4) is 10.0 Å². The summed E-state index contributed by atoms with van der Waals surface area (Å²) in [5.74, 6) is -0.488. The monoisotopic (exact) mass is 410 g/mol. The Balaban J connectivity index is 2.40. The largest absolute Gasteiger partial charge is 0.458 e. The van der Waals surface area contributed by atoms with Gasteiger partial charge in [0.05, 0.1) is 12.2 Å². The Bertz CT molecular complexity index is 822. The summed E-state index contributed by atoms with van der Waals surface area (Å²) in [5.41, 5.74) is 0.646. The molecule has 27 heavy (non-hydrogen) atoms. The van der Waals surface area contributed by atoms with Crippen molar-refractivity contribution >= 4 is 34.6 Å². The van der Waals surface area contributed by atoms with Gasteiger partial charge in [-0.1, -0.05) is 13.8 Å². The van der Waals surface area contributed by atoms with E-state index < -0.39 is 11.9 Å². The van der Waals surface area contributed by atoms with Crippen LogP contribution >= 0.6 is 22.7 Å². The van der Waals surface area contributed by atoms with Gasteiger partial charge in [0, 0.05) is 9.75 Å². The van der Waals surface area contributed by atoms with Crippen molar-refractivity contribution < 1.29 is 19.1 Å². The second kappa shape index (κ2) is 8.93. The van der Waals surface area contributed by atoms with E-state index in [1.54, 1.807) is 13.8 Å². The Morgan fingerprint density at radius 3 is 1.85 bits per heavy atom. The third-order valence-electron chi connectivity index (χ3n) is 3.34. The van der Waals surface area contributed by atoms with Gasteiger partial charge < -0.3 is 9.47 Å². The van der Waals surface area contributed by atoms with Crippen LogP contribution in [-0.2, 0) is 15.9 Å². The standard InChI is InChI=1S/C19H26N2O4S2/c1-9(2)8-13-15(19(23)25-11(5)6)21-17(27-13)16-20-14(12(7)26-16)18(22)24-10(3)4/h9-11H,8H2,1-7H3. The van der Waals surface area contributed by atoms with Crippen molar-refractivity contribution in [3.05, 3.63) is 21.1 Å². The highest BCUT2D eigenvalue weighted by molar-refractivity contribution is 7.21. The summed E-state index contributed by atoms with van der Waals surface area (Å²) in [6, 6.07) is 0. The average molecular weight is 411 g/mol. The number of thiazole rings is 2. The summed E-state index contributed by atoms with van der Waals surface area (Å²) < 4.78 is 10.6. The van der Waals surface area contributed by atoms with Crippen LogP contribution in [0.5, 0.6) is 0 Å². The van der Waals surface area contributed by atoms with Gasteiger partial charge in [0.2, 0.25) is 0 Å². The number of aryl methyl sites for hydroxylation is 1. The lowest BCUT2D eigenvalue weighted by Gasteiger charge is -2.08. The van der Waals surface area contributed by atoms with E-state index in [1.807, 2.05) is 20.8 Å². The Kier molecular flexibility index (Phi) is 7.11. The minimum Gasteiger partial charge on any atom is -0.458 e. The minimum absolute atomic E-state index is 0.211. The van der Waals surface area contributed by atoms with E-state index in [1.165, 1.54) is 22.7 Å². The molecule has 0 aliphatic heterocycles. The molecular formula is C19H26N2O4S2. The number of esters is 2. The molecule has 2 heterocycles. The molecule has 6 nitrogen and oxygen atoms in total. The number of rotatable bonds is 7. The Hall–Kier alpha value is -1.80. The highest BCUT2D eigenvalue weighted by atomic mass is 32.1. The van der Waals surface area contributed by atoms with E-state index in [4.69, 9.17) is 9.47 Å². The van der Waals surface area contributed by atoms with Gasteiger partial charge in [-0.3, -0.25) is 0 Å². The fourth-order valence-electron chi connectivity index (χ4n) is 2.33. The molecule has 0 aliphatic carbocycles. The molecule has 0 aromatic carbocycles. The molecule has 0 saturated heterocycles. The minimum atomic E-state index is -0.441. The topological polar surface area (TPSA) is 78.4 Å². The first-order valence-corrected chi connectivity index (χ1v) is 10.6. The molecule has 0 saturated carbocycles. The third kappa shape index (κ3) is 5.59. The van der Waals surface area contributed by atoms with Gasteiger partial charge in [0.25, 0.3) is 0 Å². The molecule has 0 bridgehead atoms. The highest BCUT2D eigenvalue weighted by Crippen LogP contribution is 2.34. The fraction of sp³-hybridized carbons (Fsp3) is 0.579. The van der Waals surface area contributed by atoms with Crippen molar-refractivity contribution in [3.63, 3.8) is 0 Å². The van der Waals surface area contributed by atoms with Crippen molar-refractivity contribution in [2.75, 3.05) is 0 Å². The second-order valence-electron chi connectivity index (χ2n) is 7.22. The zero-order valence-electron chi connectivity index (χ0n) is 16.8. The van der Waals surface area contributed by atoms with E-state index in [9.17, 15) is 9.59 Å². The van der Waals surface area contributed by atoms with Crippen LogP contribution in [0.1, 0.15) is 72.3 Å². The van der Waals surface area contributed by atoms with Gasteiger partial charge >= 0.3 is 11.9 Å². The van der Waals surface area contributed by atoms with E-state index in [-0.39, 0.29) is 12.2 Å². The van der Waals surface area contributed by atoms with Crippen molar-refractivity contribution in [1.29, 1.82) is 0 Å². The van der Waals surface area contributed by atoms with Crippen LogP contribution in [-0.4, -0.2) is 34.1 Å². The molecule has 148 valence electrons. The van der Waals surface area contributed by atoms with Gasteiger partial charge in [0.15, 0.2) is 21.4 Å². The SMILES string of the molecule is Cc1sc(-c2nc(C(=O)OC(C)C)c(CC(C)C)s2)nc1C(=O)OC(C)C. The smallest absolute Gasteiger partial charge is 0.358 e. The zero-order valence-corrected chi connectivity index (χ0v) is 18.4. The zero-order chi connectivity index (χ0) is 20.3. The maximum atomic E-state index is 12.4. The number of carbonyl (C=O) groups is 2. The number of aromatic nitrogens is 2. The maximum absolute atomic E-state index is 12.4. The van der Waals surface area contributed by atoms with E-state index in [0.29, 0.717) is 27.3 Å². The summed E-state index contributed by atoms with van der Waals surface area (Å²) in [7, 11) is 0. The molecule has 0 atom stereocenters. The van der Waals surface area contributed by atoms with E-state index in [0.717, 1.165) is 16.2 Å². The second-order valence-corrected chi connectivity index (χ2v) is 9.51. The Morgan fingerprint density at radius 2 is 1.33 bits per heavy atom. The molecule has 0 N–H and O–H groups in total. The van der Waals surface area contributed by atoms with Crippen LogP contribution in [0.4, 0.5) is 0 Å². The van der Waals surface area contributed by atoms with Crippen molar-refractivity contribution in [2.24, 2.45) is 5.92 Å². The number of ether oxygens (including phenoxy) is 2. The van der Waals surface area contributed by atoms with E-state index in [2.05, 4.69) is 23.8 Å². The van der Waals surface area contributed by atoms with E-state index >= 15 is 0 Å². The summed E-state index contributed by atoms with van der Waals surface area (Å²) in [6.07, 6.45) is 0.304.